The highest BCUT2D eigenvalue weighted by molar-refractivity contribution is 14.3. The van der Waals surface area contributed by atoms with Crippen LogP contribution in [-0.2, 0) is 0 Å². The molecule has 0 rings (SSSR count). The Morgan fingerprint density at radius 1 is 1.00 bits per heavy atom. The molecule has 0 bridgehead atoms. The van der Waals surface area contributed by atoms with Crippen molar-refractivity contribution >= 4 is 95.1 Å². The fourth-order valence-corrected chi connectivity index (χ4v) is 33.7. The Kier molecular flexibility index (Phi) is 8.95. The highest BCUT2D eigenvalue weighted by atomic mass is 127. The van der Waals surface area contributed by atoms with Crippen molar-refractivity contribution < 1.29 is 0 Å². The van der Waals surface area contributed by atoms with Crippen LogP contribution in [0.2, 0.25) is 0 Å². The molecule has 1 nitrogen and oxygen atoms in total. The van der Waals surface area contributed by atoms with Gasteiger partial charge in [-0.1, -0.05) is 101 Å². The van der Waals surface area contributed by atoms with Crippen LogP contribution in [-0.4, -0.2) is 18.2 Å². The molecule has 7 heteroatoms. The Hall–Kier alpha value is 3.31. The maximum Gasteiger partial charge on any atom is 0.284 e. The van der Waals surface area contributed by atoms with Gasteiger partial charge in [-0.05, 0) is 6.04 Å². The lowest BCUT2D eigenvalue weighted by Crippen LogP contribution is -2.42. The van der Waals surface area contributed by atoms with Gasteiger partial charge in [-0.25, -0.2) is 0 Å². The third kappa shape index (κ3) is 5.13. The van der Waals surface area contributed by atoms with Gasteiger partial charge < -0.3 is 4.23 Å². The number of rotatable bonds is 3. The lowest BCUT2D eigenvalue weighted by atomic mass is 10.4. The summed E-state index contributed by atoms with van der Waals surface area (Å²) in [7, 11) is 0. The van der Waals surface area contributed by atoms with Gasteiger partial charge in [0.2, 0.25) is 0 Å². The van der Waals surface area contributed by atoms with Crippen LogP contribution >= 0.6 is 87.2 Å². The molecule has 0 aliphatic heterocycles. The van der Waals surface area contributed by atoms with E-state index in [-0.39, 0.29) is 7.90 Å². The van der Waals surface area contributed by atoms with E-state index in [1.54, 1.807) is 0 Å². The first-order valence-corrected chi connectivity index (χ1v) is 18.0. The zero-order chi connectivity index (χ0) is 8.31. The summed E-state index contributed by atoms with van der Waals surface area (Å²) in [5.74, 6) is 0. The molecule has 0 aromatic carbocycles. The summed E-state index contributed by atoms with van der Waals surface area (Å²) in [6.45, 7) is 4.56. The molecule has 0 N–H and O–H groups in total. The molecule has 0 heterocycles. The minimum atomic E-state index is -0.268. The Labute approximate surface area is 117 Å². The molecule has 0 aliphatic rings. The van der Waals surface area contributed by atoms with E-state index in [1.165, 1.54) is 0 Å². The largest absolute Gasteiger partial charge is 0.312 e. The van der Waals surface area contributed by atoms with Crippen molar-refractivity contribution in [1.29, 1.82) is 0 Å². The summed E-state index contributed by atoms with van der Waals surface area (Å²) in [6, 6.07) is 0.727. The van der Waals surface area contributed by atoms with Crippen LogP contribution in [0.1, 0.15) is 13.8 Å². The summed E-state index contributed by atoms with van der Waals surface area (Å²) >= 11 is 10.3. The Morgan fingerprint density at radius 3 is 1.30 bits per heavy atom. The van der Waals surface area contributed by atoms with Crippen molar-refractivity contribution in [3.8, 4) is 0 Å². The molecule has 0 aromatic heterocycles. The molecule has 0 spiro atoms. The average Bonchev–Trinajstić information content (AvgIpc) is 1.59. The predicted molar refractivity (Wildman–Crippen MR) is 84.6 cm³/mol. The molecule has 0 unspecified atom stereocenters. The van der Waals surface area contributed by atoms with E-state index >= 15 is 0 Å². The molecule has 0 aromatic rings. The molecule has 0 saturated heterocycles. The predicted octanol–water partition coefficient (Wildman–Crippen LogP) is 3.41. The van der Waals surface area contributed by atoms with Crippen molar-refractivity contribution in [2.75, 3.05) is 0 Å². The molecule has 60 valence electrons. The van der Waals surface area contributed by atoms with Crippen LogP contribution in [0.4, 0.5) is 0 Å². The van der Waals surface area contributed by atoms with Crippen LogP contribution < -0.4 is 0 Å². The highest BCUT2D eigenvalue weighted by Crippen LogP contribution is 2.22. The summed E-state index contributed by atoms with van der Waals surface area (Å²) in [5.41, 5.74) is 0. The molecule has 0 fully saturated rings. The average molecular weight is 621 g/mol. The van der Waals surface area contributed by atoms with E-state index in [2.05, 4.69) is 105 Å². The van der Waals surface area contributed by atoms with Crippen LogP contribution in [0.3, 0.4) is 0 Å². The molecular weight excluding hydrogens is 614 g/mol. The normalized spacial score (nSPS) is 12.6. The monoisotopic (exact) mass is 621 g/mol. The number of nitrogens with zero attached hydrogens (tertiary/aromatic N) is 1. The van der Waals surface area contributed by atoms with E-state index in [9.17, 15) is 0 Å². The van der Waals surface area contributed by atoms with E-state index in [0.717, 1.165) is 6.04 Å². The fourth-order valence-electron chi connectivity index (χ4n) is 0.454. The van der Waals surface area contributed by atoms with Gasteiger partial charge in [-0.2, -0.15) is 0 Å². The molecule has 10 heavy (non-hydrogen) atoms. The van der Waals surface area contributed by atoms with Gasteiger partial charge in [0, 0.05) is 0 Å². The standard InChI is InChI=1S/C3H7I4NSi2/c1-3(2)8(9(4)5)10(6)7/h3H,1-2H3. The second kappa shape index (κ2) is 6.72. The molecule has 0 saturated carbocycles. The molecule has 0 atom stereocenters. The van der Waals surface area contributed by atoms with Crippen molar-refractivity contribution in [3.63, 3.8) is 0 Å². The van der Waals surface area contributed by atoms with E-state index in [1.807, 2.05) is 0 Å². The quantitative estimate of drug-likeness (QED) is 0.266. The van der Waals surface area contributed by atoms with Gasteiger partial charge >= 0.3 is 0 Å². The highest BCUT2D eigenvalue weighted by Gasteiger charge is 2.25. The topological polar surface area (TPSA) is 3.24 Å². The maximum absolute atomic E-state index is 2.65. The van der Waals surface area contributed by atoms with Gasteiger partial charge in [0.05, 0.1) is 0 Å². The van der Waals surface area contributed by atoms with E-state index < -0.39 is 0 Å². The van der Waals surface area contributed by atoms with Crippen LogP contribution in [0.25, 0.3) is 0 Å². The van der Waals surface area contributed by atoms with Crippen molar-refractivity contribution in [2.45, 2.75) is 19.9 Å². The van der Waals surface area contributed by atoms with E-state index in [4.69, 9.17) is 0 Å². The third-order valence-electron chi connectivity index (χ3n) is 0.881. The lowest BCUT2D eigenvalue weighted by Gasteiger charge is -2.27. The minimum Gasteiger partial charge on any atom is -0.312 e. The lowest BCUT2D eigenvalue weighted by molar-refractivity contribution is 0.564. The van der Waals surface area contributed by atoms with E-state index in [0.29, 0.717) is 0 Å². The van der Waals surface area contributed by atoms with Gasteiger partial charge in [-0.3, -0.25) is 0 Å². The summed E-state index contributed by atoms with van der Waals surface area (Å²) < 4.78 is 2.11. The summed E-state index contributed by atoms with van der Waals surface area (Å²) in [4.78, 5) is 0. The molecule has 0 aliphatic carbocycles. The van der Waals surface area contributed by atoms with Gasteiger partial charge in [0.15, 0.2) is 0 Å². The zero-order valence-corrected chi connectivity index (χ0v) is 16.2. The summed E-state index contributed by atoms with van der Waals surface area (Å²) in [6.07, 6.45) is 0. The van der Waals surface area contributed by atoms with Crippen LogP contribution in [0, 0.1) is 0 Å². The Balaban J connectivity index is 3.98. The van der Waals surface area contributed by atoms with Gasteiger partial charge in [0.25, 0.3) is 7.90 Å². The van der Waals surface area contributed by atoms with Crippen molar-refractivity contribution in [3.05, 3.63) is 0 Å². The number of hydrogen-bond acceptors (Lipinski definition) is 1. The van der Waals surface area contributed by atoms with Gasteiger partial charge in [-0.15, -0.1) is 0 Å². The molecule has 0 amide bonds. The molecule has 2 radical (unpaired) electrons. The van der Waals surface area contributed by atoms with Gasteiger partial charge in [0.1, 0.15) is 0 Å². The first-order valence-electron chi connectivity index (χ1n) is 2.62. The van der Waals surface area contributed by atoms with Crippen LogP contribution in [0.15, 0.2) is 0 Å². The summed E-state index contributed by atoms with van der Waals surface area (Å²) in [5, 5.41) is 0. The first kappa shape index (κ1) is 13.3. The van der Waals surface area contributed by atoms with Crippen molar-refractivity contribution in [1.82, 2.24) is 4.23 Å². The second-order valence-electron chi connectivity index (χ2n) is 1.94. The second-order valence-corrected chi connectivity index (χ2v) is 29.0. The smallest absolute Gasteiger partial charge is 0.284 e. The Bertz CT molecular complexity index is 79.5. The number of halogens is 4. The fraction of sp³-hybridized carbons (Fsp3) is 1.00. The third-order valence-corrected chi connectivity index (χ3v) is 15.7. The first-order chi connectivity index (χ1) is 4.46. The number of hydrogen-bond donors (Lipinski definition) is 0. The minimum absolute atomic E-state index is 0.268. The van der Waals surface area contributed by atoms with Crippen molar-refractivity contribution in [2.24, 2.45) is 0 Å². The SMILES string of the molecule is CC(C)N([Si](I)I)[Si](I)I. The molecular formula is C3H7I4NSi2. The maximum atomic E-state index is 2.65. The Morgan fingerprint density at radius 2 is 1.30 bits per heavy atom. The zero-order valence-electron chi connectivity index (χ0n) is 5.54. The van der Waals surface area contributed by atoms with Crippen LogP contribution in [0.5, 0.6) is 0 Å².